The molecule has 0 aromatic heterocycles. The summed E-state index contributed by atoms with van der Waals surface area (Å²) < 4.78 is 5.21. The monoisotopic (exact) mass is 255 g/mol. The molecule has 0 heterocycles. The van der Waals surface area contributed by atoms with E-state index in [0.29, 0.717) is 19.4 Å². The molecule has 0 atom stereocenters. The molecule has 2 aromatic rings. The Morgan fingerprint density at radius 2 is 1.63 bits per heavy atom. The maximum Gasteiger partial charge on any atom is 0.306 e. The fourth-order valence-corrected chi connectivity index (χ4v) is 1.74. The fraction of sp³-hybridized carbons (Fsp3) is 0.188. The van der Waals surface area contributed by atoms with E-state index >= 15 is 0 Å². The quantitative estimate of drug-likeness (QED) is 0.660. The van der Waals surface area contributed by atoms with Gasteiger partial charge in [-0.25, -0.2) is 0 Å². The summed E-state index contributed by atoms with van der Waals surface area (Å²) in [5.41, 5.74) is 8.43. The average molecular weight is 255 g/mol. The molecular weight excluding hydrogens is 238 g/mol. The van der Waals surface area contributed by atoms with Gasteiger partial charge in [0.25, 0.3) is 0 Å². The van der Waals surface area contributed by atoms with Gasteiger partial charge in [-0.3, -0.25) is 4.79 Å². The summed E-state index contributed by atoms with van der Waals surface area (Å²) in [5, 5.41) is 0. The van der Waals surface area contributed by atoms with E-state index in [0.717, 1.165) is 16.8 Å². The lowest BCUT2D eigenvalue weighted by Crippen LogP contribution is -2.05. The van der Waals surface area contributed by atoms with Crippen molar-refractivity contribution >= 4 is 11.7 Å². The molecule has 0 unspecified atom stereocenters. The maximum atomic E-state index is 11.6. The third-order valence-electron chi connectivity index (χ3n) is 2.84. The van der Waals surface area contributed by atoms with Gasteiger partial charge in [0, 0.05) is 12.1 Å². The first-order valence-corrected chi connectivity index (χ1v) is 6.28. The molecule has 3 nitrogen and oxygen atoms in total. The molecule has 0 bridgehead atoms. The Labute approximate surface area is 113 Å². The standard InChI is InChI=1S/C16H17NO2/c17-15-9-6-13(7-10-15)8-11-16(18)19-12-14-4-2-1-3-5-14/h1-7,9-10H,8,11-12,17H2. The van der Waals surface area contributed by atoms with Crippen LogP contribution in [0, 0.1) is 0 Å². The van der Waals surface area contributed by atoms with Crippen molar-refractivity contribution in [1.82, 2.24) is 0 Å². The number of hydrogen-bond acceptors (Lipinski definition) is 3. The van der Waals surface area contributed by atoms with E-state index < -0.39 is 0 Å². The van der Waals surface area contributed by atoms with Gasteiger partial charge in [0.1, 0.15) is 6.61 Å². The minimum Gasteiger partial charge on any atom is -0.461 e. The summed E-state index contributed by atoms with van der Waals surface area (Å²) in [5.74, 6) is -0.180. The summed E-state index contributed by atoms with van der Waals surface area (Å²) in [6, 6.07) is 17.2. The Balaban J connectivity index is 1.74. The predicted molar refractivity (Wildman–Crippen MR) is 75.4 cm³/mol. The fourth-order valence-electron chi connectivity index (χ4n) is 1.74. The lowest BCUT2D eigenvalue weighted by molar-refractivity contribution is -0.144. The Morgan fingerprint density at radius 1 is 0.947 bits per heavy atom. The molecule has 0 saturated carbocycles. The van der Waals surface area contributed by atoms with Gasteiger partial charge in [-0.15, -0.1) is 0 Å². The van der Waals surface area contributed by atoms with Crippen LogP contribution in [0.5, 0.6) is 0 Å². The van der Waals surface area contributed by atoms with Gasteiger partial charge in [0.2, 0.25) is 0 Å². The van der Waals surface area contributed by atoms with Crippen molar-refractivity contribution in [3.05, 3.63) is 65.7 Å². The number of aryl methyl sites for hydroxylation is 1. The normalized spacial score (nSPS) is 10.1. The molecule has 2 rings (SSSR count). The zero-order valence-corrected chi connectivity index (χ0v) is 10.7. The summed E-state index contributed by atoms with van der Waals surface area (Å²) in [4.78, 5) is 11.6. The second kappa shape index (κ2) is 6.59. The molecule has 0 amide bonds. The van der Waals surface area contributed by atoms with Crippen LogP contribution in [-0.4, -0.2) is 5.97 Å². The van der Waals surface area contributed by atoms with Crippen LogP contribution < -0.4 is 5.73 Å². The van der Waals surface area contributed by atoms with Gasteiger partial charge < -0.3 is 10.5 Å². The van der Waals surface area contributed by atoms with Crippen molar-refractivity contribution in [3.8, 4) is 0 Å². The number of ether oxygens (including phenoxy) is 1. The first kappa shape index (κ1) is 13.1. The highest BCUT2D eigenvalue weighted by Gasteiger charge is 2.04. The second-order valence-electron chi connectivity index (χ2n) is 4.39. The molecule has 3 heteroatoms. The van der Waals surface area contributed by atoms with Gasteiger partial charge in [0.05, 0.1) is 0 Å². The molecule has 0 aliphatic carbocycles. The molecule has 19 heavy (non-hydrogen) atoms. The molecule has 2 N–H and O–H groups in total. The van der Waals surface area contributed by atoms with Gasteiger partial charge in [-0.2, -0.15) is 0 Å². The first-order chi connectivity index (χ1) is 9.24. The first-order valence-electron chi connectivity index (χ1n) is 6.28. The summed E-state index contributed by atoms with van der Waals surface area (Å²) in [6.07, 6.45) is 1.06. The number of anilines is 1. The largest absolute Gasteiger partial charge is 0.461 e. The zero-order valence-electron chi connectivity index (χ0n) is 10.7. The van der Waals surface area contributed by atoms with E-state index in [2.05, 4.69) is 0 Å². The van der Waals surface area contributed by atoms with Crippen LogP contribution in [0.3, 0.4) is 0 Å². The van der Waals surface area contributed by atoms with Crippen molar-refractivity contribution in [2.75, 3.05) is 5.73 Å². The van der Waals surface area contributed by atoms with Crippen LogP contribution in [-0.2, 0) is 22.6 Å². The SMILES string of the molecule is Nc1ccc(CCC(=O)OCc2ccccc2)cc1. The maximum absolute atomic E-state index is 11.6. The molecule has 98 valence electrons. The van der Waals surface area contributed by atoms with E-state index in [1.165, 1.54) is 0 Å². The van der Waals surface area contributed by atoms with Crippen LogP contribution in [0.25, 0.3) is 0 Å². The van der Waals surface area contributed by atoms with Crippen molar-refractivity contribution < 1.29 is 9.53 Å². The highest BCUT2D eigenvalue weighted by Crippen LogP contribution is 2.09. The predicted octanol–water partition coefficient (Wildman–Crippen LogP) is 2.94. The van der Waals surface area contributed by atoms with E-state index in [1.54, 1.807) is 0 Å². The van der Waals surface area contributed by atoms with Gasteiger partial charge in [0.15, 0.2) is 0 Å². The molecule has 0 spiro atoms. The third kappa shape index (κ3) is 4.47. The van der Waals surface area contributed by atoms with E-state index in [9.17, 15) is 4.79 Å². The molecule has 0 aliphatic rings. The number of rotatable bonds is 5. The topological polar surface area (TPSA) is 52.3 Å². The summed E-state index contributed by atoms with van der Waals surface area (Å²) >= 11 is 0. The van der Waals surface area contributed by atoms with Crippen LogP contribution in [0.1, 0.15) is 17.5 Å². The van der Waals surface area contributed by atoms with Crippen molar-refractivity contribution in [2.45, 2.75) is 19.4 Å². The highest BCUT2D eigenvalue weighted by atomic mass is 16.5. The Morgan fingerprint density at radius 3 is 2.32 bits per heavy atom. The number of esters is 1. The number of carbonyl (C=O) groups excluding carboxylic acids is 1. The smallest absolute Gasteiger partial charge is 0.306 e. The average Bonchev–Trinajstić information content (AvgIpc) is 2.45. The highest BCUT2D eigenvalue weighted by molar-refractivity contribution is 5.69. The zero-order chi connectivity index (χ0) is 13.5. The number of benzene rings is 2. The van der Waals surface area contributed by atoms with E-state index in [1.807, 2.05) is 54.6 Å². The van der Waals surface area contributed by atoms with Gasteiger partial charge >= 0.3 is 5.97 Å². The molecule has 0 fully saturated rings. The van der Waals surface area contributed by atoms with Gasteiger partial charge in [-0.1, -0.05) is 42.5 Å². The second-order valence-corrected chi connectivity index (χ2v) is 4.39. The third-order valence-corrected chi connectivity index (χ3v) is 2.84. The van der Waals surface area contributed by atoms with E-state index in [4.69, 9.17) is 10.5 Å². The van der Waals surface area contributed by atoms with Crippen LogP contribution in [0.2, 0.25) is 0 Å². The summed E-state index contributed by atoms with van der Waals surface area (Å²) in [7, 11) is 0. The summed E-state index contributed by atoms with van der Waals surface area (Å²) in [6.45, 7) is 0.335. The number of nitrogens with two attached hydrogens (primary N) is 1. The van der Waals surface area contributed by atoms with E-state index in [-0.39, 0.29) is 5.97 Å². The van der Waals surface area contributed by atoms with Gasteiger partial charge in [-0.05, 0) is 29.7 Å². The van der Waals surface area contributed by atoms with Crippen LogP contribution in [0.4, 0.5) is 5.69 Å². The van der Waals surface area contributed by atoms with Crippen molar-refractivity contribution in [1.29, 1.82) is 0 Å². The number of hydrogen-bond donors (Lipinski definition) is 1. The molecule has 0 aliphatic heterocycles. The van der Waals surface area contributed by atoms with Crippen LogP contribution >= 0.6 is 0 Å². The Bertz CT molecular complexity index is 520. The minimum atomic E-state index is -0.180. The Hall–Kier alpha value is -2.29. The Kier molecular flexibility index (Phi) is 4.56. The molecule has 2 aromatic carbocycles. The minimum absolute atomic E-state index is 0.180. The van der Waals surface area contributed by atoms with Crippen LogP contribution in [0.15, 0.2) is 54.6 Å². The lowest BCUT2D eigenvalue weighted by Gasteiger charge is -2.05. The van der Waals surface area contributed by atoms with Crippen molar-refractivity contribution in [2.24, 2.45) is 0 Å². The molecule has 0 radical (unpaired) electrons. The molecule has 0 saturated heterocycles. The number of carbonyl (C=O) groups is 1. The number of nitrogen functional groups attached to an aromatic ring is 1. The lowest BCUT2D eigenvalue weighted by atomic mass is 10.1. The molecular formula is C16H17NO2. The van der Waals surface area contributed by atoms with Crippen molar-refractivity contribution in [3.63, 3.8) is 0 Å².